The normalized spacial score (nSPS) is 16.4. The second-order valence-electron chi connectivity index (χ2n) is 22.7. The topological polar surface area (TPSA) is 40.6 Å². The molecule has 0 fully saturated rings. The molecular weight excluding hydrogens is 1040 g/mol. The van der Waals surface area contributed by atoms with Crippen LogP contribution in [0.4, 0.5) is 56.9 Å². The molecule has 3 heterocycles. The molecule has 3 aliphatic heterocycles. The van der Waals surface area contributed by atoms with Crippen molar-refractivity contribution in [2.75, 3.05) is 19.6 Å². The summed E-state index contributed by atoms with van der Waals surface area (Å²) in [6.07, 6.45) is 15.9. The quantitative estimate of drug-likeness (QED) is 0.143. The molecule has 12 aromatic carbocycles. The fourth-order valence-corrected chi connectivity index (χ4v) is 14.1. The summed E-state index contributed by atoms with van der Waals surface area (Å²) in [5, 5.41) is 8.63. The summed E-state index contributed by atoms with van der Waals surface area (Å²) in [4.78, 5) is 9.55. The van der Waals surface area contributed by atoms with Gasteiger partial charge in [0.15, 0.2) is 28.8 Å². The number of benzene rings is 12. The van der Waals surface area contributed by atoms with E-state index in [4.69, 9.17) is 14.2 Å². The zero-order chi connectivity index (χ0) is 55.7. The molecule has 6 aliphatic rings. The molecule has 12 aromatic rings. The second kappa shape index (κ2) is 18.8. The number of anilines is 10. The van der Waals surface area contributed by atoms with E-state index in [1.165, 1.54) is 38.4 Å². The highest BCUT2D eigenvalue weighted by molar-refractivity contribution is 6.10. The minimum absolute atomic E-state index is 0.114. The van der Waals surface area contributed by atoms with Gasteiger partial charge in [-0.1, -0.05) is 164 Å². The summed E-state index contributed by atoms with van der Waals surface area (Å²) in [7, 11) is 0. The molecule has 0 aromatic heterocycles. The average molecular weight is 1090 g/mol. The molecule has 0 saturated carbocycles. The van der Waals surface area contributed by atoms with Crippen molar-refractivity contribution in [1.82, 2.24) is 0 Å². The van der Waals surface area contributed by atoms with Gasteiger partial charge in [0.05, 0.1) is 11.4 Å². The zero-order valence-corrected chi connectivity index (χ0v) is 46.1. The SMILES string of the molecule is C1=Cc2cccc(N(C3=CC4C=C5Oc6c7c(cc8cc(N(c9ccccc9)c9cccc%10ccccc9%10)ccc68)Oc6c8c(cc9cc(N(c%10ccccc%10)c%10cccc%11ccccc%10%11)ccc69)OC(=C5N78)C4C=C3)c3ccccc3)c2CC1. The molecule has 0 radical (unpaired) electrons. The number of allylic oxidation sites excluding steroid dienone is 5. The van der Waals surface area contributed by atoms with Gasteiger partial charge in [-0.25, -0.2) is 0 Å². The third-order valence-electron chi connectivity index (χ3n) is 17.8. The maximum Gasteiger partial charge on any atom is 0.163 e. The average Bonchev–Trinajstić information content (AvgIpc) is 1.04. The molecule has 3 aliphatic carbocycles. The van der Waals surface area contributed by atoms with Crippen molar-refractivity contribution in [2.24, 2.45) is 11.8 Å². The lowest BCUT2D eigenvalue weighted by Gasteiger charge is -2.47. The summed E-state index contributed by atoms with van der Waals surface area (Å²) in [6.45, 7) is 0. The van der Waals surface area contributed by atoms with Gasteiger partial charge in [-0.3, -0.25) is 4.90 Å². The fraction of sp³-hybridized carbons (Fsp3) is 0.0513. The molecule has 0 amide bonds. The molecule has 402 valence electrons. The lowest BCUT2D eigenvalue weighted by Crippen LogP contribution is -2.39. The molecule has 7 heteroatoms. The van der Waals surface area contributed by atoms with Crippen molar-refractivity contribution in [3.63, 3.8) is 0 Å². The van der Waals surface area contributed by atoms with Crippen LogP contribution in [0.5, 0.6) is 23.0 Å². The van der Waals surface area contributed by atoms with Gasteiger partial charge in [0.25, 0.3) is 0 Å². The summed E-state index contributed by atoms with van der Waals surface area (Å²) in [5.41, 5.74) is 15.0. The number of hydrogen-bond acceptors (Lipinski definition) is 7. The minimum Gasteiger partial charge on any atom is -0.456 e. The van der Waals surface area contributed by atoms with Crippen LogP contribution in [0, 0.1) is 11.8 Å². The van der Waals surface area contributed by atoms with Gasteiger partial charge in [0.1, 0.15) is 22.8 Å². The van der Waals surface area contributed by atoms with Crippen LogP contribution in [0.3, 0.4) is 0 Å². The first-order valence-electron chi connectivity index (χ1n) is 29.4. The molecule has 0 N–H and O–H groups in total. The standard InChI is InChI=1S/C78H52N4O3/c1-4-25-55(26-5-1)79(67-34-16-22-49-19-10-13-31-61(49)67)58-37-40-64-52(43-58)46-70-73-76(64)84-71-47-53-44-60(81(57-29-8-3-9-30-57)69-36-18-24-51-21-12-15-33-63(51)69)39-42-66(53)78-74(71)82(73)75-72(85-78)48-54-45-59(38-41-65(54)77(75)83-70)80(56-27-6-2-7-28-56)68-35-17-23-50-20-11-14-32-62(50)68/h1-14,16-32,34-48,53,66H,15,33H2. The van der Waals surface area contributed by atoms with Crippen molar-refractivity contribution >= 4 is 106 Å². The molecule has 0 saturated heterocycles. The maximum absolute atomic E-state index is 7.50. The molecule has 7 nitrogen and oxygen atoms in total. The van der Waals surface area contributed by atoms with Crippen molar-refractivity contribution in [3.8, 4) is 23.0 Å². The van der Waals surface area contributed by atoms with Crippen molar-refractivity contribution in [1.29, 1.82) is 0 Å². The van der Waals surface area contributed by atoms with E-state index in [1.807, 2.05) is 0 Å². The predicted molar refractivity (Wildman–Crippen MR) is 347 cm³/mol. The first kappa shape index (κ1) is 47.6. The van der Waals surface area contributed by atoms with Crippen LogP contribution < -0.4 is 33.8 Å². The number of rotatable bonds is 9. The Bertz CT molecular complexity index is 4960. The lowest BCUT2D eigenvalue weighted by atomic mass is 9.79. The van der Waals surface area contributed by atoms with Crippen LogP contribution in [0.15, 0.2) is 296 Å². The molecule has 85 heavy (non-hydrogen) atoms. The van der Waals surface area contributed by atoms with Gasteiger partial charge >= 0.3 is 0 Å². The van der Waals surface area contributed by atoms with E-state index in [0.717, 1.165) is 126 Å². The number of para-hydroxylation sites is 3. The Morgan fingerprint density at radius 3 is 1.55 bits per heavy atom. The number of ether oxygens (including phenoxy) is 3. The number of hydrogen-bond donors (Lipinski definition) is 0. The fourth-order valence-electron chi connectivity index (χ4n) is 14.1. The van der Waals surface area contributed by atoms with Crippen molar-refractivity contribution < 1.29 is 14.2 Å². The van der Waals surface area contributed by atoms with E-state index in [9.17, 15) is 0 Å². The first-order valence-corrected chi connectivity index (χ1v) is 29.4. The third-order valence-corrected chi connectivity index (χ3v) is 17.8. The van der Waals surface area contributed by atoms with Crippen LogP contribution in [0.1, 0.15) is 17.5 Å². The van der Waals surface area contributed by atoms with E-state index < -0.39 is 0 Å². The highest BCUT2D eigenvalue weighted by Crippen LogP contribution is 2.66. The molecule has 0 spiro atoms. The van der Waals surface area contributed by atoms with Gasteiger partial charge in [-0.05, 0) is 161 Å². The maximum atomic E-state index is 7.50. The summed E-state index contributed by atoms with van der Waals surface area (Å²) in [6, 6.07) is 87.0. The Morgan fingerprint density at radius 2 is 0.929 bits per heavy atom. The predicted octanol–water partition coefficient (Wildman–Crippen LogP) is 20.9. The van der Waals surface area contributed by atoms with Crippen LogP contribution >= 0.6 is 0 Å². The smallest absolute Gasteiger partial charge is 0.163 e. The largest absolute Gasteiger partial charge is 0.456 e. The van der Waals surface area contributed by atoms with Crippen LogP contribution in [-0.4, -0.2) is 0 Å². The Morgan fingerprint density at radius 1 is 0.400 bits per heavy atom. The van der Waals surface area contributed by atoms with Crippen LogP contribution in [-0.2, 0) is 6.42 Å². The number of nitrogens with zero attached hydrogens (tertiary/aromatic N) is 4. The van der Waals surface area contributed by atoms with E-state index in [2.05, 4.69) is 299 Å². The van der Waals surface area contributed by atoms with Crippen molar-refractivity contribution in [2.45, 2.75) is 12.8 Å². The Balaban J connectivity index is 0.840. The van der Waals surface area contributed by atoms with E-state index >= 15 is 0 Å². The highest BCUT2D eigenvalue weighted by Gasteiger charge is 2.49. The van der Waals surface area contributed by atoms with Gasteiger partial charge in [-0.2, -0.15) is 0 Å². The highest BCUT2D eigenvalue weighted by atomic mass is 16.5. The Labute approximate surface area is 492 Å². The summed E-state index contributed by atoms with van der Waals surface area (Å²) >= 11 is 0. The zero-order valence-electron chi connectivity index (χ0n) is 46.1. The minimum atomic E-state index is -0.135. The Kier molecular flexibility index (Phi) is 10.5. The van der Waals surface area contributed by atoms with Gasteiger partial charge in [0.2, 0.25) is 0 Å². The van der Waals surface area contributed by atoms with Gasteiger partial charge < -0.3 is 28.9 Å². The Hall–Kier alpha value is -11.0. The van der Waals surface area contributed by atoms with Crippen LogP contribution in [0.25, 0.3) is 49.2 Å². The number of fused-ring (bicyclic) bond motifs is 9. The molecular formula is C78H52N4O3. The molecule has 2 unspecified atom stereocenters. The van der Waals surface area contributed by atoms with E-state index in [1.54, 1.807) is 0 Å². The second-order valence-corrected chi connectivity index (χ2v) is 22.7. The van der Waals surface area contributed by atoms with Gasteiger partial charge in [0, 0.05) is 73.2 Å². The summed E-state index contributed by atoms with van der Waals surface area (Å²) < 4.78 is 22.4. The lowest BCUT2D eigenvalue weighted by molar-refractivity contribution is 0.303. The molecule has 2 atom stereocenters. The molecule has 18 rings (SSSR count). The van der Waals surface area contributed by atoms with E-state index in [-0.39, 0.29) is 11.8 Å². The van der Waals surface area contributed by atoms with Gasteiger partial charge in [-0.15, -0.1) is 0 Å². The molecule has 0 bridgehead atoms. The van der Waals surface area contributed by atoms with Crippen LogP contribution in [0.2, 0.25) is 0 Å². The first-order chi connectivity index (χ1) is 42.1. The van der Waals surface area contributed by atoms with E-state index in [0.29, 0.717) is 5.75 Å². The third kappa shape index (κ3) is 7.40. The van der Waals surface area contributed by atoms with Crippen molar-refractivity contribution in [3.05, 3.63) is 307 Å². The monoisotopic (exact) mass is 1090 g/mol. The summed E-state index contributed by atoms with van der Waals surface area (Å²) in [5.74, 6) is 4.29.